The second-order valence-electron chi connectivity index (χ2n) is 3.98. The van der Waals surface area contributed by atoms with Gasteiger partial charge in [0, 0.05) is 20.1 Å². The van der Waals surface area contributed by atoms with E-state index in [1.54, 1.807) is 18.2 Å². The minimum absolute atomic E-state index is 0.263. The molecule has 0 aromatic heterocycles. The van der Waals surface area contributed by atoms with E-state index in [1.165, 1.54) is 11.4 Å². The standard InChI is InChI=1S/C12H20N2O3S/c1-4-17-12-6-5-11(9-10(12)2)18(15,16)14(3)8-7-13/h5-6,9H,4,7-8,13H2,1-3H3. The predicted octanol–water partition coefficient (Wildman–Crippen LogP) is 0.973. The number of ether oxygens (including phenoxy) is 1. The largest absolute Gasteiger partial charge is 0.494 e. The van der Waals surface area contributed by atoms with Crippen molar-refractivity contribution in [3.63, 3.8) is 0 Å². The van der Waals surface area contributed by atoms with Crippen molar-refractivity contribution in [3.8, 4) is 5.75 Å². The zero-order valence-electron chi connectivity index (χ0n) is 11.0. The summed E-state index contributed by atoms with van der Waals surface area (Å²) >= 11 is 0. The van der Waals surface area contributed by atoms with Gasteiger partial charge in [-0.05, 0) is 37.6 Å². The SMILES string of the molecule is CCOc1ccc(S(=O)(=O)N(C)CCN)cc1C. The van der Waals surface area contributed by atoms with Gasteiger partial charge in [0.15, 0.2) is 0 Å². The molecular weight excluding hydrogens is 252 g/mol. The number of benzene rings is 1. The zero-order chi connectivity index (χ0) is 13.8. The molecule has 0 bridgehead atoms. The van der Waals surface area contributed by atoms with Gasteiger partial charge in [-0.25, -0.2) is 8.42 Å². The van der Waals surface area contributed by atoms with Gasteiger partial charge in [-0.15, -0.1) is 0 Å². The Morgan fingerprint density at radius 3 is 2.56 bits per heavy atom. The van der Waals surface area contributed by atoms with Crippen molar-refractivity contribution >= 4 is 10.0 Å². The van der Waals surface area contributed by atoms with Gasteiger partial charge in [0.1, 0.15) is 5.75 Å². The normalized spacial score (nSPS) is 11.8. The Hall–Kier alpha value is -1.11. The molecule has 0 saturated heterocycles. The molecule has 0 aliphatic rings. The van der Waals surface area contributed by atoms with Gasteiger partial charge >= 0.3 is 0 Å². The van der Waals surface area contributed by atoms with Crippen LogP contribution in [0.2, 0.25) is 0 Å². The number of aryl methyl sites for hydroxylation is 1. The van der Waals surface area contributed by atoms with E-state index in [2.05, 4.69) is 0 Å². The Morgan fingerprint density at radius 2 is 2.06 bits per heavy atom. The van der Waals surface area contributed by atoms with E-state index in [0.717, 1.165) is 5.56 Å². The highest BCUT2D eigenvalue weighted by atomic mass is 32.2. The lowest BCUT2D eigenvalue weighted by atomic mass is 10.2. The summed E-state index contributed by atoms with van der Waals surface area (Å²) in [4.78, 5) is 0.263. The van der Waals surface area contributed by atoms with Gasteiger partial charge in [-0.2, -0.15) is 4.31 Å². The van der Waals surface area contributed by atoms with E-state index >= 15 is 0 Å². The first-order chi connectivity index (χ1) is 8.43. The zero-order valence-corrected chi connectivity index (χ0v) is 11.8. The Morgan fingerprint density at radius 1 is 1.39 bits per heavy atom. The summed E-state index contributed by atoms with van der Waals surface area (Å²) in [7, 11) is -1.94. The fourth-order valence-electron chi connectivity index (χ4n) is 1.58. The summed E-state index contributed by atoms with van der Waals surface area (Å²) in [5, 5.41) is 0. The van der Waals surface area contributed by atoms with E-state index in [9.17, 15) is 8.42 Å². The molecule has 0 saturated carbocycles. The second kappa shape index (κ2) is 6.17. The first-order valence-electron chi connectivity index (χ1n) is 5.83. The molecule has 6 heteroatoms. The van der Waals surface area contributed by atoms with Crippen LogP contribution >= 0.6 is 0 Å². The van der Waals surface area contributed by atoms with E-state index < -0.39 is 10.0 Å². The third-order valence-electron chi connectivity index (χ3n) is 2.60. The van der Waals surface area contributed by atoms with Crippen LogP contribution in [-0.2, 0) is 10.0 Å². The predicted molar refractivity (Wildman–Crippen MR) is 71.2 cm³/mol. The Labute approximate surface area is 109 Å². The molecule has 18 heavy (non-hydrogen) atoms. The molecule has 1 aromatic rings. The first-order valence-corrected chi connectivity index (χ1v) is 7.27. The Kier molecular flexibility index (Phi) is 5.13. The minimum Gasteiger partial charge on any atom is -0.494 e. The smallest absolute Gasteiger partial charge is 0.242 e. The highest BCUT2D eigenvalue weighted by Crippen LogP contribution is 2.23. The number of hydrogen-bond acceptors (Lipinski definition) is 4. The van der Waals surface area contributed by atoms with Crippen molar-refractivity contribution in [2.24, 2.45) is 5.73 Å². The molecule has 0 heterocycles. The molecule has 0 amide bonds. The number of nitrogens with two attached hydrogens (primary N) is 1. The molecule has 5 nitrogen and oxygen atoms in total. The molecular formula is C12H20N2O3S. The van der Waals surface area contributed by atoms with E-state index in [-0.39, 0.29) is 4.90 Å². The van der Waals surface area contributed by atoms with Crippen molar-refractivity contribution in [1.29, 1.82) is 0 Å². The topological polar surface area (TPSA) is 72.6 Å². The Bertz CT molecular complexity index is 500. The van der Waals surface area contributed by atoms with Gasteiger partial charge in [0.25, 0.3) is 0 Å². The van der Waals surface area contributed by atoms with E-state index in [1.807, 2.05) is 13.8 Å². The van der Waals surface area contributed by atoms with Gasteiger partial charge in [0.05, 0.1) is 11.5 Å². The third-order valence-corrected chi connectivity index (χ3v) is 4.45. The molecule has 0 spiro atoms. The van der Waals surface area contributed by atoms with Crippen LogP contribution in [0.15, 0.2) is 23.1 Å². The van der Waals surface area contributed by atoms with E-state index in [0.29, 0.717) is 25.4 Å². The average Bonchev–Trinajstić information content (AvgIpc) is 2.32. The monoisotopic (exact) mass is 272 g/mol. The first kappa shape index (κ1) is 14.9. The van der Waals surface area contributed by atoms with Gasteiger partial charge in [-0.3, -0.25) is 0 Å². The number of hydrogen-bond donors (Lipinski definition) is 1. The molecule has 0 fully saturated rings. The Balaban J connectivity index is 3.07. The lowest BCUT2D eigenvalue weighted by Crippen LogP contribution is -2.31. The molecule has 0 atom stereocenters. The molecule has 2 N–H and O–H groups in total. The fraction of sp³-hybridized carbons (Fsp3) is 0.500. The van der Waals surface area contributed by atoms with Crippen molar-refractivity contribution in [1.82, 2.24) is 4.31 Å². The molecule has 1 rings (SSSR count). The molecule has 1 aromatic carbocycles. The maximum absolute atomic E-state index is 12.2. The second-order valence-corrected chi connectivity index (χ2v) is 6.02. The molecule has 0 aliphatic carbocycles. The third kappa shape index (κ3) is 3.22. The summed E-state index contributed by atoms with van der Waals surface area (Å²) < 4.78 is 31.0. The van der Waals surface area contributed by atoms with Crippen LogP contribution in [0.5, 0.6) is 5.75 Å². The quantitative estimate of drug-likeness (QED) is 0.837. The summed E-state index contributed by atoms with van der Waals surface area (Å²) in [5.41, 5.74) is 6.18. The fourth-order valence-corrected chi connectivity index (χ4v) is 2.85. The average molecular weight is 272 g/mol. The molecule has 102 valence electrons. The number of nitrogens with zero attached hydrogens (tertiary/aromatic N) is 1. The highest BCUT2D eigenvalue weighted by molar-refractivity contribution is 7.89. The van der Waals surface area contributed by atoms with Crippen LogP contribution in [0.3, 0.4) is 0 Å². The highest BCUT2D eigenvalue weighted by Gasteiger charge is 2.20. The molecule has 0 aliphatic heterocycles. The summed E-state index contributed by atoms with van der Waals surface area (Å²) in [6.45, 7) is 4.87. The summed E-state index contributed by atoms with van der Waals surface area (Å²) in [6, 6.07) is 4.86. The minimum atomic E-state index is -3.46. The van der Waals surface area contributed by atoms with Crippen LogP contribution < -0.4 is 10.5 Å². The van der Waals surface area contributed by atoms with Crippen LogP contribution in [-0.4, -0.2) is 39.5 Å². The number of likely N-dealkylation sites (N-methyl/N-ethyl adjacent to an activating group) is 1. The van der Waals surface area contributed by atoms with Crippen LogP contribution in [0.25, 0.3) is 0 Å². The van der Waals surface area contributed by atoms with Crippen molar-refractivity contribution in [3.05, 3.63) is 23.8 Å². The lowest BCUT2D eigenvalue weighted by Gasteiger charge is -2.17. The van der Waals surface area contributed by atoms with E-state index in [4.69, 9.17) is 10.5 Å². The van der Waals surface area contributed by atoms with Gasteiger partial charge in [0.2, 0.25) is 10.0 Å². The van der Waals surface area contributed by atoms with Crippen LogP contribution in [0.4, 0.5) is 0 Å². The molecule has 0 unspecified atom stereocenters. The van der Waals surface area contributed by atoms with Crippen LogP contribution in [0.1, 0.15) is 12.5 Å². The summed E-state index contributed by atoms with van der Waals surface area (Å²) in [5.74, 6) is 0.706. The van der Waals surface area contributed by atoms with Gasteiger partial charge < -0.3 is 10.5 Å². The number of sulfonamides is 1. The van der Waals surface area contributed by atoms with Crippen molar-refractivity contribution < 1.29 is 13.2 Å². The van der Waals surface area contributed by atoms with Gasteiger partial charge in [-0.1, -0.05) is 0 Å². The van der Waals surface area contributed by atoms with Crippen molar-refractivity contribution in [2.45, 2.75) is 18.7 Å². The van der Waals surface area contributed by atoms with Crippen molar-refractivity contribution in [2.75, 3.05) is 26.7 Å². The lowest BCUT2D eigenvalue weighted by molar-refractivity contribution is 0.337. The number of rotatable bonds is 6. The molecule has 0 radical (unpaired) electrons. The van der Waals surface area contributed by atoms with Crippen LogP contribution in [0, 0.1) is 6.92 Å². The maximum Gasteiger partial charge on any atom is 0.242 e. The summed E-state index contributed by atoms with van der Waals surface area (Å²) in [6.07, 6.45) is 0. The maximum atomic E-state index is 12.2.